The smallest absolute Gasteiger partial charge is 0.266 e. The lowest BCUT2D eigenvalue weighted by Gasteiger charge is -2.18. The Labute approximate surface area is 160 Å². The Balaban J connectivity index is 2.36. The molecule has 0 atom stereocenters. The average Bonchev–Trinajstić information content (AvgIpc) is 2.71. The van der Waals surface area contributed by atoms with Gasteiger partial charge >= 0.3 is 0 Å². The quantitative estimate of drug-likeness (QED) is 0.667. The van der Waals surface area contributed by atoms with Crippen molar-refractivity contribution in [2.24, 2.45) is 5.18 Å². The van der Waals surface area contributed by atoms with E-state index in [1.54, 1.807) is 42.5 Å². The minimum atomic E-state index is -4.17. The molecule has 9 heteroatoms. The average molecular weight is 394 g/mol. The lowest BCUT2D eigenvalue weighted by Crippen LogP contribution is -2.36. The third-order valence-electron chi connectivity index (χ3n) is 4.11. The standard InChI is InChI=1S/C19H14N4O4S/c1-13-16(12-20)19(24)23(22-28(26,27)15-10-6-3-7-11-15)18(17(13)21-25)14-8-4-2-5-9-14/h2-11,22H,1H3. The Hall–Kier alpha value is -3.77. The number of nitrogens with one attached hydrogen (secondary N) is 1. The second kappa shape index (κ2) is 7.46. The van der Waals surface area contributed by atoms with Gasteiger partial charge in [0.1, 0.15) is 23.0 Å². The summed E-state index contributed by atoms with van der Waals surface area (Å²) in [5.41, 5.74) is -1.04. The highest BCUT2D eigenvalue weighted by molar-refractivity contribution is 7.92. The van der Waals surface area contributed by atoms with Crippen molar-refractivity contribution in [1.82, 2.24) is 4.68 Å². The molecule has 0 bridgehead atoms. The van der Waals surface area contributed by atoms with Gasteiger partial charge in [-0.3, -0.25) is 4.79 Å². The fourth-order valence-corrected chi connectivity index (χ4v) is 3.78. The van der Waals surface area contributed by atoms with E-state index in [0.29, 0.717) is 10.2 Å². The topological polar surface area (TPSA) is 121 Å². The Kier molecular flexibility index (Phi) is 5.06. The normalized spacial score (nSPS) is 10.9. The molecular formula is C19H14N4O4S. The van der Waals surface area contributed by atoms with E-state index in [4.69, 9.17) is 0 Å². The van der Waals surface area contributed by atoms with Gasteiger partial charge in [-0.25, -0.2) is 9.51 Å². The molecule has 2 aromatic carbocycles. The summed E-state index contributed by atoms with van der Waals surface area (Å²) in [6.45, 7) is 1.42. The molecule has 0 aliphatic carbocycles. The molecule has 28 heavy (non-hydrogen) atoms. The molecule has 0 aliphatic heterocycles. The number of nitrogens with zero attached hydrogens (tertiary/aromatic N) is 3. The first-order valence-corrected chi connectivity index (χ1v) is 9.55. The van der Waals surface area contributed by atoms with Crippen LogP contribution in [0.2, 0.25) is 0 Å². The number of pyridine rings is 1. The van der Waals surface area contributed by atoms with E-state index in [1.807, 2.05) is 0 Å². The summed E-state index contributed by atoms with van der Waals surface area (Å²) in [6.07, 6.45) is 0. The van der Waals surface area contributed by atoms with Crippen molar-refractivity contribution >= 4 is 15.7 Å². The maximum absolute atomic E-state index is 12.9. The van der Waals surface area contributed by atoms with E-state index < -0.39 is 15.6 Å². The van der Waals surface area contributed by atoms with E-state index in [9.17, 15) is 23.4 Å². The monoisotopic (exact) mass is 394 g/mol. The van der Waals surface area contributed by atoms with Gasteiger partial charge in [0.05, 0.1) is 4.90 Å². The van der Waals surface area contributed by atoms with Crippen molar-refractivity contribution in [2.75, 3.05) is 4.83 Å². The predicted molar refractivity (Wildman–Crippen MR) is 104 cm³/mol. The molecular weight excluding hydrogens is 380 g/mol. The third-order valence-corrected chi connectivity index (χ3v) is 5.43. The molecule has 1 aromatic heterocycles. The summed E-state index contributed by atoms with van der Waals surface area (Å²) in [7, 11) is -4.17. The van der Waals surface area contributed by atoms with Gasteiger partial charge in [-0.2, -0.15) is 13.7 Å². The van der Waals surface area contributed by atoms with Gasteiger partial charge in [-0.05, 0) is 24.2 Å². The molecule has 1 N–H and O–H groups in total. The molecule has 0 spiro atoms. The van der Waals surface area contributed by atoms with Crippen molar-refractivity contribution < 1.29 is 8.42 Å². The van der Waals surface area contributed by atoms with Crippen molar-refractivity contribution in [3.63, 3.8) is 0 Å². The zero-order chi connectivity index (χ0) is 20.3. The molecule has 0 amide bonds. The molecule has 1 heterocycles. The van der Waals surface area contributed by atoms with Crippen LogP contribution in [0.25, 0.3) is 11.3 Å². The van der Waals surface area contributed by atoms with Crippen LogP contribution < -0.4 is 10.4 Å². The molecule has 0 aliphatic rings. The van der Waals surface area contributed by atoms with Crippen LogP contribution in [-0.2, 0) is 10.0 Å². The zero-order valence-electron chi connectivity index (χ0n) is 14.7. The molecule has 0 fully saturated rings. The Bertz CT molecular complexity index is 1250. The van der Waals surface area contributed by atoms with Crippen LogP contribution in [0, 0.1) is 23.2 Å². The van der Waals surface area contributed by atoms with Crippen LogP contribution in [0.15, 0.2) is 75.5 Å². The van der Waals surface area contributed by atoms with Crippen molar-refractivity contribution in [3.05, 3.63) is 87.1 Å². The molecule has 3 aromatic rings. The first-order valence-electron chi connectivity index (χ1n) is 8.07. The first kappa shape index (κ1) is 19.0. The number of hydrogen-bond donors (Lipinski definition) is 1. The molecule has 0 unspecified atom stereocenters. The highest BCUT2D eigenvalue weighted by Crippen LogP contribution is 2.33. The Morgan fingerprint density at radius 2 is 1.61 bits per heavy atom. The maximum Gasteiger partial charge on any atom is 0.288 e. The second-order valence-electron chi connectivity index (χ2n) is 5.81. The molecule has 8 nitrogen and oxygen atoms in total. The summed E-state index contributed by atoms with van der Waals surface area (Å²) in [5.74, 6) is 0. The molecule has 3 rings (SSSR count). The number of benzene rings is 2. The largest absolute Gasteiger partial charge is 0.288 e. The van der Waals surface area contributed by atoms with Gasteiger partial charge in [0.2, 0.25) is 0 Å². The minimum Gasteiger partial charge on any atom is -0.266 e. The first-order chi connectivity index (χ1) is 13.4. The van der Waals surface area contributed by atoms with Gasteiger partial charge in [-0.1, -0.05) is 48.5 Å². The highest BCUT2D eigenvalue weighted by Gasteiger charge is 2.25. The summed E-state index contributed by atoms with van der Waals surface area (Å²) in [5, 5.41) is 12.3. The summed E-state index contributed by atoms with van der Waals surface area (Å²) in [4.78, 5) is 26.5. The SMILES string of the molecule is Cc1c(N=O)c(-c2ccccc2)n(NS(=O)(=O)c2ccccc2)c(=O)c1C#N. The maximum atomic E-state index is 12.9. The van der Waals surface area contributed by atoms with Gasteiger partial charge in [0.25, 0.3) is 15.6 Å². The Morgan fingerprint density at radius 1 is 1.04 bits per heavy atom. The number of sulfonamides is 1. The summed E-state index contributed by atoms with van der Waals surface area (Å²) < 4.78 is 26.2. The van der Waals surface area contributed by atoms with Crippen molar-refractivity contribution in [2.45, 2.75) is 11.8 Å². The van der Waals surface area contributed by atoms with Gasteiger partial charge in [-0.15, -0.1) is 4.91 Å². The van der Waals surface area contributed by atoms with E-state index in [-0.39, 0.29) is 27.4 Å². The second-order valence-corrected chi connectivity index (χ2v) is 7.48. The van der Waals surface area contributed by atoms with Gasteiger partial charge < -0.3 is 0 Å². The lowest BCUT2D eigenvalue weighted by molar-refractivity contribution is 0.594. The third kappa shape index (κ3) is 3.28. The van der Waals surface area contributed by atoms with Crippen molar-refractivity contribution in [1.29, 1.82) is 5.26 Å². The van der Waals surface area contributed by atoms with Crippen molar-refractivity contribution in [3.8, 4) is 17.3 Å². The molecule has 0 radical (unpaired) electrons. The lowest BCUT2D eigenvalue weighted by atomic mass is 10.0. The van der Waals surface area contributed by atoms with Gasteiger partial charge in [0.15, 0.2) is 0 Å². The minimum absolute atomic E-state index is 0.0448. The fraction of sp³-hybridized carbons (Fsp3) is 0.0526. The van der Waals surface area contributed by atoms with E-state index in [0.717, 1.165) is 0 Å². The number of aromatic nitrogens is 1. The van der Waals surface area contributed by atoms with E-state index in [2.05, 4.69) is 10.0 Å². The highest BCUT2D eigenvalue weighted by atomic mass is 32.2. The Morgan fingerprint density at radius 3 is 2.14 bits per heavy atom. The number of nitriles is 1. The van der Waals surface area contributed by atoms with Crippen LogP contribution >= 0.6 is 0 Å². The van der Waals surface area contributed by atoms with Crippen LogP contribution in [0.5, 0.6) is 0 Å². The summed E-state index contributed by atoms with van der Waals surface area (Å²) in [6, 6.07) is 17.4. The number of nitroso groups, excluding NO2 is 1. The number of rotatable bonds is 5. The molecule has 140 valence electrons. The summed E-state index contributed by atoms with van der Waals surface area (Å²) >= 11 is 0. The molecule has 0 saturated heterocycles. The molecule has 0 saturated carbocycles. The van der Waals surface area contributed by atoms with E-state index in [1.165, 1.54) is 31.2 Å². The number of hydrogen-bond acceptors (Lipinski definition) is 6. The van der Waals surface area contributed by atoms with Gasteiger partial charge in [0, 0.05) is 11.1 Å². The fourth-order valence-electron chi connectivity index (χ4n) is 2.74. The van der Waals surface area contributed by atoms with Crippen LogP contribution in [0.4, 0.5) is 5.69 Å². The van der Waals surface area contributed by atoms with Crippen LogP contribution in [-0.4, -0.2) is 13.1 Å². The van der Waals surface area contributed by atoms with E-state index >= 15 is 0 Å². The van der Waals surface area contributed by atoms with Crippen LogP contribution in [0.1, 0.15) is 11.1 Å². The predicted octanol–water partition coefficient (Wildman–Crippen LogP) is 3.03. The van der Waals surface area contributed by atoms with Crippen LogP contribution in [0.3, 0.4) is 0 Å². The zero-order valence-corrected chi connectivity index (χ0v) is 15.5.